The van der Waals surface area contributed by atoms with Crippen molar-refractivity contribution in [3.63, 3.8) is 0 Å². The lowest BCUT2D eigenvalue weighted by atomic mass is 9.91. The van der Waals surface area contributed by atoms with Gasteiger partial charge in [0.05, 0.1) is 11.7 Å². The maximum Gasteiger partial charge on any atom is 0.253 e. The van der Waals surface area contributed by atoms with Crippen molar-refractivity contribution in [2.75, 3.05) is 5.75 Å². The Morgan fingerprint density at radius 2 is 1.58 bits per heavy atom. The number of fused-ring (bicyclic) bond motifs is 1. The summed E-state index contributed by atoms with van der Waals surface area (Å²) in [5.41, 5.74) is 0.543. The fourth-order valence-electron chi connectivity index (χ4n) is 4.07. The van der Waals surface area contributed by atoms with E-state index in [0.717, 1.165) is 15.7 Å². The number of amides is 2. The predicted molar refractivity (Wildman–Crippen MR) is 150 cm³/mol. The summed E-state index contributed by atoms with van der Waals surface area (Å²) in [6, 6.07) is 11.8. The van der Waals surface area contributed by atoms with Gasteiger partial charge in [0.25, 0.3) is 5.91 Å². The SMILES string of the molecule is CC(C)(C)NC(=O)C1=CC=CC=CC1CC(O)CSc1ccc2ccccc2c1C(=O)NC(C)(C)C. The lowest BCUT2D eigenvalue weighted by Gasteiger charge is -2.25. The summed E-state index contributed by atoms with van der Waals surface area (Å²) < 4.78 is 0. The molecule has 1 aliphatic carbocycles. The van der Waals surface area contributed by atoms with Crippen LogP contribution in [0.4, 0.5) is 0 Å². The van der Waals surface area contributed by atoms with Gasteiger partial charge in [0.2, 0.25) is 5.91 Å². The molecule has 0 radical (unpaired) electrons. The minimum Gasteiger partial charge on any atom is -0.392 e. The molecule has 0 heterocycles. The number of hydrogen-bond acceptors (Lipinski definition) is 4. The quantitative estimate of drug-likeness (QED) is 0.415. The number of carbonyl (C=O) groups is 2. The van der Waals surface area contributed by atoms with E-state index >= 15 is 0 Å². The Hall–Kier alpha value is -2.83. The lowest BCUT2D eigenvalue weighted by Crippen LogP contribution is -2.42. The van der Waals surface area contributed by atoms with Crippen LogP contribution in [0.5, 0.6) is 0 Å². The highest BCUT2D eigenvalue weighted by Crippen LogP contribution is 2.32. The van der Waals surface area contributed by atoms with Crippen molar-refractivity contribution in [1.29, 1.82) is 0 Å². The maximum atomic E-state index is 13.3. The molecular formula is C30H38N2O3S. The van der Waals surface area contributed by atoms with Gasteiger partial charge in [-0.2, -0.15) is 0 Å². The number of nitrogens with one attached hydrogen (secondary N) is 2. The molecule has 36 heavy (non-hydrogen) atoms. The normalized spacial score (nSPS) is 16.9. The van der Waals surface area contributed by atoms with Crippen LogP contribution in [-0.2, 0) is 4.79 Å². The highest BCUT2D eigenvalue weighted by Gasteiger charge is 2.26. The molecule has 192 valence electrons. The fraction of sp³-hybridized carbons (Fsp3) is 0.400. The van der Waals surface area contributed by atoms with Gasteiger partial charge in [-0.1, -0.05) is 60.7 Å². The molecule has 2 aromatic rings. The van der Waals surface area contributed by atoms with Gasteiger partial charge in [-0.25, -0.2) is 0 Å². The number of allylic oxidation sites excluding steroid dienone is 5. The molecule has 0 fully saturated rings. The number of aliphatic hydroxyl groups excluding tert-OH is 1. The van der Waals surface area contributed by atoms with Crippen LogP contribution in [0.2, 0.25) is 0 Å². The summed E-state index contributed by atoms with van der Waals surface area (Å²) in [6.45, 7) is 11.7. The van der Waals surface area contributed by atoms with E-state index in [1.807, 2.05) is 108 Å². The molecule has 2 unspecified atom stereocenters. The van der Waals surface area contributed by atoms with Crippen LogP contribution in [0.3, 0.4) is 0 Å². The molecule has 6 heteroatoms. The van der Waals surface area contributed by atoms with E-state index in [0.29, 0.717) is 23.3 Å². The molecule has 0 bridgehead atoms. The Bertz CT molecular complexity index is 1200. The summed E-state index contributed by atoms with van der Waals surface area (Å²) in [5, 5.41) is 19.0. The van der Waals surface area contributed by atoms with Crippen molar-refractivity contribution >= 4 is 34.3 Å². The lowest BCUT2D eigenvalue weighted by molar-refractivity contribution is -0.119. The Balaban J connectivity index is 1.78. The first-order valence-electron chi connectivity index (χ1n) is 12.4. The van der Waals surface area contributed by atoms with Gasteiger partial charge in [0, 0.05) is 33.2 Å². The number of rotatable bonds is 7. The summed E-state index contributed by atoms with van der Waals surface area (Å²) in [5.74, 6) is -0.0596. The topological polar surface area (TPSA) is 78.4 Å². The van der Waals surface area contributed by atoms with Crippen molar-refractivity contribution in [2.45, 2.75) is 70.0 Å². The number of aliphatic hydroxyl groups is 1. The molecule has 0 saturated heterocycles. The largest absolute Gasteiger partial charge is 0.392 e. The Kier molecular flexibility index (Phi) is 8.85. The molecule has 3 rings (SSSR count). The molecule has 3 N–H and O–H groups in total. The van der Waals surface area contributed by atoms with Gasteiger partial charge in [-0.15, -0.1) is 11.8 Å². The molecular weight excluding hydrogens is 468 g/mol. The average molecular weight is 507 g/mol. The number of benzene rings is 2. The van der Waals surface area contributed by atoms with E-state index in [-0.39, 0.29) is 28.8 Å². The zero-order valence-electron chi connectivity index (χ0n) is 22.1. The van der Waals surface area contributed by atoms with Gasteiger partial charge in [-0.3, -0.25) is 9.59 Å². The molecule has 2 atom stereocenters. The van der Waals surface area contributed by atoms with Crippen molar-refractivity contribution in [1.82, 2.24) is 10.6 Å². The zero-order chi connectivity index (χ0) is 26.5. The first kappa shape index (κ1) is 27.8. The third-order valence-corrected chi connectivity index (χ3v) is 6.76. The van der Waals surface area contributed by atoms with Crippen LogP contribution in [0, 0.1) is 5.92 Å². The van der Waals surface area contributed by atoms with Crippen molar-refractivity contribution in [2.24, 2.45) is 5.92 Å². The molecule has 0 spiro atoms. The van der Waals surface area contributed by atoms with E-state index in [4.69, 9.17) is 0 Å². The van der Waals surface area contributed by atoms with Crippen LogP contribution in [-0.4, -0.2) is 39.9 Å². The van der Waals surface area contributed by atoms with E-state index in [9.17, 15) is 14.7 Å². The van der Waals surface area contributed by atoms with Gasteiger partial charge in [-0.05, 0) is 64.8 Å². The summed E-state index contributed by atoms with van der Waals surface area (Å²) >= 11 is 1.47. The number of thioether (sulfide) groups is 1. The van der Waals surface area contributed by atoms with E-state index < -0.39 is 6.10 Å². The van der Waals surface area contributed by atoms with Crippen LogP contribution in [0.15, 0.2) is 77.2 Å². The van der Waals surface area contributed by atoms with Crippen molar-refractivity contribution < 1.29 is 14.7 Å². The van der Waals surface area contributed by atoms with E-state index in [1.165, 1.54) is 11.8 Å². The highest BCUT2D eigenvalue weighted by atomic mass is 32.2. The minimum absolute atomic E-state index is 0.126. The van der Waals surface area contributed by atoms with Crippen LogP contribution in [0.1, 0.15) is 58.3 Å². The van der Waals surface area contributed by atoms with E-state index in [2.05, 4.69) is 10.6 Å². The molecule has 0 aliphatic heterocycles. The Morgan fingerprint density at radius 1 is 0.917 bits per heavy atom. The fourth-order valence-corrected chi connectivity index (χ4v) is 5.09. The first-order chi connectivity index (χ1) is 16.8. The van der Waals surface area contributed by atoms with Gasteiger partial charge >= 0.3 is 0 Å². The number of hydrogen-bond donors (Lipinski definition) is 3. The van der Waals surface area contributed by atoms with Crippen LogP contribution < -0.4 is 10.6 Å². The second kappa shape index (κ2) is 11.5. The van der Waals surface area contributed by atoms with E-state index in [1.54, 1.807) is 0 Å². The summed E-state index contributed by atoms with van der Waals surface area (Å²) in [7, 11) is 0. The highest BCUT2D eigenvalue weighted by molar-refractivity contribution is 7.99. The third-order valence-electron chi connectivity index (χ3n) is 5.56. The zero-order valence-corrected chi connectivity index (χ0v) is 22.9. The molecule has 5 nitrogen and oxygen atoms in total. The summed E-state index contributed by atoms with van der Waals surface area (Å²) in [6.07, 6.45) is 9.18. The first-order valence-corrected chi connectivity index (χ1v) is 13.4. The molecule has 0 aromatic heterocycles. The van der Waals surface area contributed by atoms with Crippen molar-refractivity contribution in [3.8, 4) is 0 Å². The molecule has 2 aromatic carbocycles. The minimum atomic E-state index is -0.668. The standard InChI is InChI=1S/C30H38N2O3S/c1-29(2,3)31-27(34)24-15-9-7-8-13-21(24)18-22(33)19-36-25-17-16-20-12-10-11-14-23(20)26(25)28(35)32-30(4,5)6/h7-17,21-22,33H,18-19H2,1-6H3,(H,31,34)(H,32,35). The summed E-state index contributed by atoms with van der Waals surface area (Å²) in [4.78, 5) is 27.0. The van der Waals surface area contributed by atoms with Gasteiger partial charge < -0.3 is 15.7 Å². The van der Waals surface area contributed by atoms with Crippen LogP contribution >= 0.6 is 11.8 Å². The Labute approximate surface area is 219 Å². The van der Waals surface area contributed by atoms with Gasteiger partial charge in [0.15, 0.2) is 0 Å². The average Bonchev–Trinajstić information content (AvgIpc) is 3.00. The second-order valence-corrected chi connectivity index (χ2v) is 12.3. The second-order valence-electron chi connectivity index (χ2n) is 11.3. The molecule has 1 aliphatic rings. The van der Waals surface area contributed by atoms with Crippen molar-refractivity contribution in [3.05, 3.63) is 77.9 Å². The maximum absolute atomic E-state index is 13.3. The predicted octanol–water partition coefficient (Wildman–Crippen LogP) is 5.79. The molecule has 2 amide bonds. The molecule has 0 saturated carbocycles. The third kappa shape index (κ3) is 7.84. The van der Waals surface area contributed by atoms with Crippen LogP contribution in [0.25, 0.3) is 10.8 Å². The van der Waals surface area contributed by atoms with Gasteiger partial charge in [0.1, 0.15) is 0 Å². The number of carbonyl (C=O) groups excluding carboxylic acids is 2. The Morgan fingerprint density at radius 3 is 2.28 bits per heavy atom. The monoisotopic (exact) mass is 506 g/mol. The smallest absolute Gasteiger partial charge is 0.253 e.